The summed E-state index contributed by atoms with van der Waals surface area (Å²) in [4.78, 5) is 17.6. The second-order valence-corrected chi connectivity index (χ2v) is 7.63. The zero-order chi connectivity index (χ0) is 14.9. The molecule has 1 spiro atoms. The van der Waals surface area contributed by atoms with Gasteiger partial charge in [0, 0.05) is 32.1 Å². The van der Waals surface area contributed by atoms with Crippen LogP contribution in [0.5, 0.6) is 0 Å². The molecule has 4 nitrogen and oxygen atoms in total. The number of carbonyl (C=O) groups is 1. The second kappa shape index (κ2) is 8.89. The maximum Gasteiger partial charge on any atom is 0.223 e. The zero-order valence-corrected chi connectivity index (χ0v) is 16.0. The number of carbonyl (C=O) groups excluding carboxylic acids is 1. The molecule has 1 amide bonds. The van der Waals surface area contributed by atoms with Crippen LogP contribution in [0.25, 0.3) is 0 Å². The van der Waals surface area contributed by atoms with Crippen molar-refractivity contribution in [1.29, 1.82) is 0 Å². The monoisotopic (exact) mass is 365 g/mol. The molecule has 6 heteroatoms. The van der Waals surface area contributed by atoms with E-state index >= 15 is 0 Å². The normalized spacial score (nSPS) is 30.6. The summed E-state index contributed by atoms with van der Waals surface area (Å²) in [5, 5.41) is 0. The van der Waals surface area contributed by atoms with E-state index in [0.717, 1.165) is 32.5 Å². The molecule has 23 heavy (non-hydrogen) atoms. The van der Waals surface area contributed by atoms with Gasteiger partial charge in [-0.15, -0.1) is 24.8 Å². The Morgan fingerprint density at radius 1 is 1.09 bits per heavy atom. The van der Waals surface area contributed by atoms with Crippen molar-refractivity contribution in [2.45, 2.75) is 69.4 Å². The SMILES string of the molecule is CN1CCN(C(=O)C[C@@H]2CCC[C@H]2N)C2(CCCCC2)C1.Cl.Cl. The van der Waals surface area contributed by atoms with E-state index in [1.165, 1.54) is 38.5 Å². The maximum absolute atomic E-state index is 12.9. The van der Waals surface area contributed by atoms with Crippen molar-refractivity contribution in [1.82, 2.24) is 9.80 Å². The van der Waals surface area contributed by atoms with Gasteiger partial charge in [-0.1, -0.05) is 25.7 Å². The second-order valence-electron chi connectivity index (χ2n) is 7.63. The summed E-state index contributed by atoms with van der Waals surface area (Å²) < 4.78 is 0. The van der Waals surface area contributed by atoms with Gasteiger partial charge in [0.25, 0.3) is 0 Å². The molecule has 1 saturated heterocycles. The molecule has 136 valence electrons. The van der Waals surface area contributed by atoms with Crippen LogP contribution in [0.2, 0.25) is 0 Å². The number of hydrogen-bond acceptors (Lipinski definition) is 3. The van der Waals surface area contributed by atoms with E-state index in [0.29, 0.717) is 18.2 Å². The maximum atomic E-state index is 12.9. The first-order valence-electron chi connectivity index (χ1n) is 8.85. The summed E-state index contributed by atoms with van der Waals surface area (Å²) in [6.45, 7) is 3.00. The number of likely N-dealkylation sites (N-methyl/N-ethyl adjacent to an activating group) is 1. The van der Waals surface area contributed by atoms with Crippen molar-refractivity contribution in [3.8, 4) is 0 Å². The van der Waals surface area contributed by atoms with E-state index in [9.17, 15) is 4.79 Å². The number of nitrogens with two attached hydrogens (primary N) is 1. The fourth-order valence-electron chi connectivity index (χ4n) is 4.86. The van der Waals surface area contributed by atoms with Crippen molar-refractivity contribution in [3.63, 3.8) is 0 Å². The van der Waals surface area contributed by atoms with E-state index in [-0.39, 0.29) is 36.4 Å². The predicted molar refractivity (Wildman–Crippen MR) is 99.5 cm³/mol. The van der Waals surface area contributed by atoms with E-state index in [4.69, 9.17) is 5.73 Å². The molecule has 1 aliphatic heterocycles. The molecule has 0 aromatic carbocycles. The first kappa shape index (κ1) is 21.0. The Hall–Kier alpha value is -0.0300. The summed E-state index contributed by atoms with van der Waals surface area (Å²) in [6.07, 6.45) is 10.4. The number of halogens is 2. The van der Waals surface area contributed by atoms with Crippen molar-refractivity contribution < 1.29 is 4.79 Å². The van der Waals surface area contributed by atoms with Gasteiger partial charge in [-0.2, -0.15) is 0 Å². The molecule has 3 rings (SSSR count). The Balaban J connectivity index is 0.00000132. The number of rotatable bonds is 2. The summed E-state index contributed by atoms with van der Waals surface area (Å²) in [6, 6.07) is 0.253. The highest BCUT2D eigenvalue weighted by atomic mass is 35.5. The first-order chi connectivity index (χ1) is 10.1. The lowest BCUT2D eigenvalue weighted by atomic mass is 9.78. The van der Waals surface area contributed by atoms with Gasteiger partial charge >= 0.3 is 0 Å². The molecule has 0 aromatic heterocycles. The quantitative estimate of drug-likeness (QED) is 0.818. The minimum atomic E-state index is 0. The van der Waals surface area contributed by atoms with Crippen LogP contribution in [-0.2, 0) is 4.79 Å². The largest absolute Gasteiger partial charge is 0.334 e. The van der Waals surface area contributed by atoms with Crippen molar-refractivity contribution >= 4 is 30.7 Å². The summed E-state index contributed by atoms with van der Waals surface area (Å²) in [5.41, 5.74) is 6.30. The average Bonchev–Trinajstić information content (AvgIpc) is 2.85. The van der Waals surface area contributed by atoms with Crippen LogP contribution in [0.4, 0.5) is 0 Å². The number of hydrogen-bond donors (Lipinski definition) is 1. The van der Waals surface area contributed by atoms with Crippen LogP contribution in [0.15, 0.2) is 0 Å². The van der Waals surface area contributed by atoms with Crippen molar-refractivity contribution in [2.24, 2.45) is 11.7 Å². The third kappa shape index (κ3) is 4.53. The Morgan fingerprint density at radius 3 is 2.39 bits per heavy atom. The van der Waals surface area contributed by atoms with Gasteiger partial charge in [0.15, 0.2) is 0 Å². The van der Waals surface area contributed by atoms with Crippen molar-refractivity contribution in [3.05, 3.63) is 0 Å². The highest BCUT2D eigenvalue weighted by Gasteiger charge is 2.44. The van der Waals surface area contributed by atoms with Gasteiger partial charge in [-0.05, 0) is 38.6 Å². The van der Waals surface area contributed by atoms with Crippen LogP contribution in [0.1, 0.15) is 57.8 Å². The molecule has 3 fully saturated rings. The van der Waals surface area contributed by atoms with Crippen LogP contribution < -0.4 is 5.73 Å². The van der Waals surface area contributed by atoms with E-state index < -0.39 is 0 Å². The van der Waals surface area contributed by atoms with Gasteiger partial charge in [0.2, 0.25) is 5.91 Å². The Bertz CT molecular complexity index is 388. The molecule has 2 aliphatic carbocycles. The molecule has 0 unspecified atom stereocenters. The lowest BCUT2D eigenvalue weighted by molar-refractivity contribution is -0.145. The fourth-order valence-corrected chi connectivity index (χ4v) is 4.86. The number of nitrogens with zero attached hydrogens (tertiary/aromatic N) is 2. The molecule has 0 aromatic rings. The van der Waals surface area contributed by atoms with Crippen LogP contribution in [0, 0.1) is 5.92 Å². The minimum absolute atomic E-state index is 0. The molecule has 1 heterocycles. The van der Waals surface area contributed by atoms with E-state index in [1.54, 1.807) is 0 Å². The fraction of sp³-hybridized carbons (Fsp3) is 0.941. The highest BCUT2D eigenvalue weighted by Crippen LogP contribution is 2.38. The van der Waals surface area contributed by atoms with E-state index in [2.05, 4.69) is 16.8 Å². The number of amides is 1. The molecule has 3 aliphatic rings. The molecular formula is C17H33Cl2N3O. The van der Waals surface area contributed by atoms with E-state index in [1.807, 2.05) is 0 Å². The summed E-state index contributed by atoms with van der Waals surface area (Å²) in [7, 11) is 2.20. The minimum Gasteiger partial charge on any atom is -0.334 e. The van der Waals surface area contributed by atoms with Gasteiger partial charge in [0.1, 0.15) is 0 Å². The molecular weight excluding hydrogens is 333 g/mol. The molecule has 2 atom stereocenters. The Kier molecular flexibility index (Phi) is 8.12. The number of piperazine rings is 1. The van der Waals surface area contributed by atoms with Gasteiger partial charge < -0.3 is 15.5 Å². The predicted octanol–water partition coefficient (Wildman–Crippen LogP) is 2.82. The molecule has 2 saturated carbocycles. The van der Waals surface area contributed by atoms with Crippen LogP contribution in [-0.4, -0.2) is 54.0 Å². The smallest absolute Gasteiger partial charge is 0.223 e. The standard InChI is InChI=1S/C17H31N3O.2ClH/c1-19-10-11-20(17(13-19)8-3-2-4-9-17)16(21)12-14-6-5-7-15(14)18;;/h14-15H,2-13,18H2,1H3;2*1H/t14-,15+;;/m0../s1. The zero-order valence-electron chi connectivity index (χ0n) is 14.3. The van der Waals surface area contributed by atoms with Crippen LogP contribution >= 0.6 is 24.8 Å². The lowest BCUT2D eigenvalue weighted by Crippen LogP contribution is -2.64. The third-order valence-electron chi connectivity index (χ3n) is 6.08. The molecule has 0 bridgehead atoms. The Labute approximate surface area is 153 Å². The average molecular weight is 366 g/mol. The third-order valence-corrected chi connectivity index (χ3v) is 6.08. The van der Waals surface area contributed by atoms with Crippen LogP contribution in [0.3, 0.4) is 0 Å². The topological polar surface area (TPSA) is 49.6 Å². The highest BCUT2D eigenvalue weighted by molar-refractivity contribution is 5.85. The van der Waals surface area contributed by atoms with Gasteiger partial charge in [-0.25, -0.2) is 0 Å². The van der Waals surface area contributed by atoms with Crippen molar-refractivity contribution in [2.75, 3.05) is 26.7 Å². The van der Waals surface area contributed by atoms with Gasteiger partial charge in [-0.3, -0.25) is 4.79 Å². The summed E-state index contributed by atoms with van der Waals surface area (Å²) in [5.74, 6) is 0.810. The molecule has 0 radical (unpaired) electrons. The van der Waals surface area contributed by atoms with Gasteiger partial charge in [0.05, 0.1) is 5.54 Å². The summed E-state index contributed by atoms with van der Waals surface area (Å²) >= 11 is 0. The first-order valence-corrected chi connectivity index (χ1v) is 8.85. The Morgan fingerprint density at radius 2 is 1.78 bits per heavy atom. The molecule has 2 N–H and O–H groups in total. The lowest BCUT2D eigenvalue weighted by Gasteiger charge is -2.52.